The maximum atomic E-state index is 13.6. The molecule has 0 aliphatic heterocycles. The molecule has 3 atom stereocenters. The lowest BCUT2D eigenvalue weighted by molar-refractivity contribution is -0.870. The highest BCUT2D eigenvalue weighted by atomic mass is 31.2. The molecule has 0 saturated carbocycles. The minimum atomic E-state index is -4.47. The Kier molecular flexibility index (Phi) is 59.8. The van der Waals surface area contributed by atoms with Crippen LogP contribution in [0.3, 0.4) is 0 Å². The van der Waals surface area contributed by atoms with E-state index in [4.69, 9.17) is 13.8 Å². The lowest BCUT2D eigenvalue weighted by Gasteiger charge is -2.27. The molecule has 0 radical (unpaired) electrons. The second-order valence-corrected chi connectivity index (χ2v) is 25.4. The minimum absolute atomic E-state index is 0.0286. The standard InChI is InChI=1S/C74H129N2O7P/c1-7-10-13-16-19-22-25-28-30-32-34-35-36-37-38-39-40-41-43-44-46-48-51-54-57-60-63-66-73(77)75-71(70-82-84(79,80)81-69-68-76(4,5)6)72(65-62-59-56-53-50-27-24-21-18-15-12-9-3)83-74(78)67-64-61-58-55-52-49-47-45-42-33-31-29-26-23-20-17-14-11-8-2/h10,13,19-20,22-23,28-31,34-35,37-38,42,45,49,52,62,65,71-72H,7-9,11-12,14-18,21,24-27,32-33,36,39-41,43-44,46-48,50-51,53-61,63-64,66-70H2,1-6H3,(H-,75,77,79,80)/p+1/b13-10-,22-19-,23-20-,30-28-,31-29-,35-34-,38-37-,45-42-,52-49-,65-62-. The highest BCUT2D eigenvalue weighted by molar-refractivity contribution is 7.47. The number of esters is 1. The Morgan fingerprint density at radius 3 is 1.18 bits per heavy atom. The van der Waals surface area contributed by atoms with Crippen LogP contribution in [0.1, 0.15) is 284 Å². The normalized spacial score (nSPS) is 14.3. The number of nitrogens with zero attached hydrogens (tertiary/aromatic N) is 1. The van der Waals surface area contributed by atoms with Crippen LogP contribution < -0.4 is 5.32 Å². The predicted molar refractivity (Wildman–Crippen MR) is 364 cm³/mol. The predicted octanol–water partition coefficient (Wildman–Crippen LogP) is 21.8. The summed E-state index contributed by atoms with van der Waals surface area (Å²) in [5.41, 5.74) is 0. The number of carbonyl (C=O) groups excluding carboxylic acids is 2. The van der Waals surface area contributed by atoms with Crippen molar-refractivity contribution in [2.45, 2.75) is 296 Å². The zero-order valence-corrected chi connectivity index (χ0v) is 56.0. The Labute approximate surface area is 518 Å². The summed E-state index contributed by atoms with van der Waals surface area (Å²) in [6, 6.07) is -0.872. The van der Waals surface area contributed by atoms with Crippen LogP contribution in [0.5, 0.6) is 0 Å². The van der Waals surface area contributed by atoms with Gasteiger partial charge in [-0.2, -0.15) is 0 Å². The summed E-state index contributed by atoms with van der Waals surface area (Å²) < 4.78 is 30.8. The molecule has 0 aromatic heterocycles. The van der Waals surface area contributed by atoms with Gasteiger partial charge in [-0.05, 0) is 122 Å². The van der Waals surface area contributed by atoms with Crippen molar-refractivity contribution >= 4 is 19.7 Å². The molecule has 1 amide bonds. The molecule has 0 aromatic rings. The number of ether oxygens (including phenoxy) is 1. The van der Waals surface area contributed by atoms with Crippen molar-refractivity contribution in [3.8, 4) is 0 Å². The first kappa shape index (κ1) is 80.4. The number of allylic oxidation sites excluding steroid dienone is 19. The third kappa shape index (κ3) is 62.9. The van der Waals surface area contributed by atoms with E-state index in [0.29, 0.717) is 23.9 Å². The number of phosphoric acid groups is 1. The summed E-state index contributed by atoms with van der Waals surface area (Å²) in [4.78, 5) is 37.8. The van der Waals surface area contributed by atoms with Gasteiger partial charge >= 0.3 is 13.8 Å². The number of likely N-dealkylation sites (N-methyl/N-ethyl adjacent to an activating group) is 1. The number of unbranched alkanes of at least 4 members (excludes halogenated alkanes) is 27. The summed E-state index contributed by atoms with van der Waals surface area (Å²) in [7, 11) is 1.46. The van der Waals surface area contributed by atoms with Gasteiger partial charge < -0.3 is 19.4 Å². The van der Waals surface area contributed by atoms with Crippen LogP contribution in [-0.4, -0.2) is 74.3 Å². The van der Waals surface area contributed by atoms with E-state index < -0.39 is 20.0 Å². The third-order valence-corrected chi connectivity index (χ3v) is 15.6. The number of nitrogens with one attached hydrogen (secondary N) is 1. The summed E-state index contributed by atoms with van der Waals surface area (Å²) in [6.07, 6.45) is 87.8. The number of rotatable bonds is 61. The molecule has 84 heavy (non-hydrogen) atoms. The van der Waals surface area contributed by atoms with Crippen molar-refractivity contribution < 1.29 is 37.3 Å². The maximum absolute atomic E-state index is 13.6. The minimum Gasteiger partial charge on any atom is -0.456 e. The van der Waals surface area contributed by atoms with Crippen molar-refractivity contribution in [3.63, 3.8) is 0 Å². The Morgan fingerprint density at radius 1 is 0.429 bits per heavy atom. The number of phosphoric ester groups is 1. The van der Waals surface area contributed by atoms with E-state index in [1.54, 1.807) is 0 Å². The fourth-order valence-electron chi connectivity index (χ4n) is 9.36. The Bertz CT molecular complexity index is 1850. The lowest BCUT2D eigenvalue weighted by Crippen LogP contribution is -2.47. The number of carbonyl (C=O) groups is 2. The van der Waals surface area contributed by atoms with E-state index in [-0.39, 0.29) is 31.5 Å². The topological polar surface area (TPSA) is 111 Å². The molecule has 0 spiro atoms. The van der Waals surface area contributed by atoms with Crippen molar-refractivity contribution in [3.05, 3.63) is 122 Å². The lowest BCUT2D eigenvalue weighted by atomic mass is 10.0. The molecule has 0 aliphatic rings. The molecule has 0 heterocycles. The largest absolute Gasteiger partial charge is 0.472 e. The van der Waals surface area contributed by atoms with E-state index in [1.807, 2.05) is 33.3 Å². The van der Waals surface area contributed by atoms with Crippen LogP contribution in [-0.2, 0) is 27.9 Å². The molecule has 482 valence electrons. The van der Waals surface area contributed by atoms with Crippen LogP contribution in [0.4, 0.5) is 0 Å². The molecule has 3 unspecified atom stereocenters. The monoisotopic (exact) mass is 1190 g/mol. The number of quaternary nitrogens is 1. The zero-order chi connectivity index (χ0) is 61.4. The second kappa shape index (κ2) is 62.5. The fourth-order valence-corrected chi connectivity index (χ4v) is 10.1. The molecule has 0 bridgehead atoms. The van der Waals surface area contributed by atoms with Gasteiger partial charge in [0.2, 0.25) is 5.91 Å². The first-order valence-corrected chi connectivity index (χ1v) is 35.9. The van der Waals surface area contributed by atoms with Crippen molar-refractivity contribution in [1.82, 2.24) is 5.32 Å². The SMILES string of the molecule is CC/C=C\C/C=C\C/C=C\C/C=C\C/C=C\CCCCCCCCCCCCCC(=O)NC(COP(=O)(O)OCC[N+](C)(C)C)C(/C=C\CCCCCCCCCCCC)OC(=O)CCCCC/C=C\C/C=C\C/C=C\C/C=C\CCCCC. The van der Waals surface area contributed by atoms with Crippen LogP contribution >= 0.6 is 7.82 Å². The molecule has 10 heteroatoms. The number of hydrogen-bond donors (Lipinski definition) is 2. The van der Waals surface area contributed by atoms with E-state index in [1.165, 1.54) is 122 Å². The molecule has 0 aromatic carbocycles. The van der Waals surface area contributed by atoms with Gasteiger partial charge in [0.1, 0.15) is 19.3 Å². The van der Waals surface area contributed by atoms with E-state index in [0.717, 1.165) is 122 Å². The van der Waals surface area contributed by atoms with Gasteiger partial charge in [-0.1, -0.05) is 271 Å². The fraction of sp³-hybridized carbons (Fsp3) is 0.703. The molecule has 2 N–H and O–H groups in total. The van der Waals surface area contributed by atoms with E-state index in [9.17, 15) is 19.0 Å². The first-order valence-electron chi connectivity index (χ1n) is 34.4. The van der Waals surface area contributed by atoms with Gasteiger partial charge in [0.05, 0.1) is 33.8 Å². The molecule has 0 aliphatic carbocycles. The van der Waals surface area contributed by atoms with Gasteiger partial charge in [0.25, 0.3) is 0 Å². The van der Waals surface area contributed by atoms with Gasteiger partial charge in [0, 0.05) is 12.8 Å². The van der Waals surface area contributed by atoms with Crippen molar-refractivity contribution in [1.29, 1.82) is 0 Å². The molecule has 9 nitrogen and oxygen atoms in total. The highest BCUT2D eigenvalue weighted by Crippen LogP contribution is 2.43. The van der Waals surface area contributed by atoms with E-state index >= 15 is 0 Å². The molecular formula is C74H130N2O7P+. The van der Waals surface area contributed by atoms with Crippen molar-refractivity contribution in [2.24, 2.45) is 0 Å². The summed E-state index contributed by atoms with van der Waals surface area (Å²) in [5.74, 6) is -0.547. The molecule has 0 fully saturated rings. The maximum Gasteiger partial charge on any atom is 0.472 e. The van der Waals surface area contributed by atoms with E-state index in [2.05, 4.69) is 135 Å². The Balaban J connectivity index is 5.15. The Hall–Kier alpha value is -3.59. The second-order valence-electron chi connectivity index (χ2n) is 24.0. The quantitative estimate of drug-likeness (QED) is 0.0205. The van der Waals surface area contributed by atoms with Gasteiger partial charge in [-0.3, -0.25) is 18.6 Å². The van der Waals surface area contributed by atoms with Crippen LogP contribution in [0.2, 0.25) is 0 Å². The van der Waals surface area contributed by atoms with Gasteiger partial charge in [0.15, 0.2) is 0 Å². The van der Waals surface area contributed by atoms with Crippen molar-refractivity contribution in [2.75, 3.05) is 40.9 Å². The Morgan fingerprint density at radius 2 is 0.762 bits per heavy atom. The number of amides is 1. The summed E-state index contributed by atoms with van der Waals surface area (Å²) >= 11 is 0. The summed E-state index contributed by atoms with van der Waals surface area (Å²) in [5, 5.41) is 3.06. The number of hydrogen-bond acceptors (Lipinski definition) is 6. The zero-order valence-electron chi connectivity index (χ0n) is 55.1. The smallest absolute Gasteiger partial charge is 0.456 e. The van der Waals surface area contributed by atoms with Crippen LogP contribution in [0.25, 0.3) is 0 Å². The van der Waals surface area contributed by atoms with Crippen LogP contribution in [0, 0.1) is 0 Å². The highest BCUT2D eigenvalue weighted by Gasteiger charge is 2.30. The summed E-state index contributed by atoms with van der Waals surface area (Å²) in [6.45, 7) is 6.85. The molecular weight excluding hydrogens is 1060 g/mol. The third-order valence-electron chi connectivity index (χ3n) is 14.6. The average Bonchev–Trinajstić information content (AvgIpc) is 3.64. The molecule has 0 rings (SSSR count). The van der Waals surface area contributed by atoms with Gasteiger partial charge in [-0.15, -0.1) is 0 Å². The van der Waals surface area contributed by atoms with Crippen LogP contribution in [0.15, 0.2) is 122 Å². The average molecular weight is 1190 g/mol. The molecule has 0 saturated heterocycles. The first-order chi connectivity index (χ1) is 40.9. The van der Waals surface area contributed by atoms with Gasteiger partial charge in [-0.25, -0.2) is 4.57 Å².